The van der Waals surface area contributed by atoms with Gasteiger partial charge in [-0.05, 0) is 42.0 Å². The van der Waals surface area contributed by atoms with Crippen molar-refractivity contribution in [1.82, 2.24) is 0 Å². The topological polar surface area (TPSA) is 69.7 Å². The SMILES string of the molecule is COC(=O)Cc1ccc(OS(=O)(=O)c2ccc(F)cc2)cc1. The van der Waals surface area contributed by atoms with E-state index in [0.717, 1.165) is 24.3 Å². The fraction of sp³-hybridized carbons (Fsp3) is 0.133. The lowest BCUT2D eigenvalue weighted by atomic mass is 10.1. The minimum absolute atomic E-state index is 0.0848. The van der Waals surface area contributed by atoms with Gasteiger partial charge >= 0.3 is 16.1 Å². The largest absolute Gasteiger partial charge is 0.469 e. The lowest BCUT2D eigenvalue weighted by Gasteiger charge is -2.07. The van der Waals surface area contributed by atoms with Crippen molar-refractivity contribution in [3.8, 4) is 5.75 Å². The molecule has 5 nitrogen and oxygen atoms in total. The predicted octanol–water partition coefficient (Wildman–Crippen LogP) is 2.31. The maximum absolute atomic E-state index is 12.8. The van der Waals surface area contributed by atoms with Gasteiger partial charge in [-0.2, -0.15) is 8.42 Å². The number of esters is 1. The molecule has 0 bridgehead atoms. The molecular weight excluding hydrogens is 311 g/mol. The van der Waals surface area contributed by atoms with Crippen molar-refractivity contribution in [1.29, 1.82) is 0 Å². The van der Waals surface area contributed by atoms with Gasteiger partial charge in [-0.1, -0.05) is 12.1 Å². The van der Waals surface area contributed by atoms with Crippen LogP contribution in [0.3, 0.4) is 0 Å². The lowest BCUT2D eigenvalue weighted by Crippen LogP contribution is -2.10. The molecule has 0 aliphatic heterocycles. The second kappa shape index (κ2) is 6.57. The Labute approximate surface area is 127 Å². The van der Waals surface area contributed by atoms with Crippen LogP contribution in [0.15, 0.2) is 53.4 Å². The number of ether oxygens (including phenoxy) is 1. The maximum Gasteiger partial charge on any atom is 0.339 e. The van der Waals surface area contributed by atoms with Crippen molar-refractivity contribution in [2.75, 3.05) is 7.11 Å². The average Bonchev–Trinajstić information content (AvgIpc) is 2.49. The van der Waals surface area contributed by atoms with Crippen LogP contribution in [-0.2, 0) is 26.1 Å². The molecule has 116 valence electrons. The lowest BCUT2D eigenvalue weighted by molar-refractivity contribution is -0.139. The van der Waals surface area contributed by atoms with E-state index in [0.29, 0.717) is 5.56 Å². The molecular formula is C15H13FO5S. The third kappa shape index (κ3) is 4.05. The summed E-state index contributed by atoms with van der Waals surface area (Å²) in [5, 5.41) is 0. The smallest absolute Gasteiger partial charge is 0.339 e. The van der Waals surface area contributed by atoms with Gasteiger partial charge in [0, 0.05) is 0 Å². The van der Waals surface area contributed by atoms with Crippen LogP contribution in [0.25, 0.3) is 0 Å². The molecule has 0 radical (unpaired) electrons. The van der Waals surface area contributed by atoms with Crippen molar-refractivity contribution in [3.63, 3.8) is 0 Å². The van der Waals surface area contributed by atoms with E-state index >= 15 is 0 Å². The number of rotatable bonds is 5. The number of carbonyl (C=O) groups excluding carboxylic acids is 1. The van der Waals surface area contributed by atoms with E-state index in [1.165, 1.54) is 19.2 Å². The number of hydrogen-bond donors (Lipinski definition) is 0. The first-order valence-corrected chi connectivity index (χ1v) is 7.67. The highest BCUT2D eigenvalue weighted by molar-refractivity contribution is 7.87. The molecule has 22 heavy (non-hydrogen) atoms. The van der Waals surface area contributed by atoms with Crippen molar-refractivity contribution >= 4 is 16.1 Å². The van der Waals surface area contributed by atoms with E-state index in [9.17, 15) is 17.6 Å². The van der Waals surface area contributed by atoms with Gasteiger partial charge < -0.3 is 8.92 Å². The quantitative estimate of drug-likeness (QED) is 0.623. The van der Waals surface area contributed by atoms with Crippen LogP contribution in [0, 0.1) is 5.82 Å². The highest BCUT2D eigenvalue weighted by Crippen LogP contribution is 2.19. The van der Waals surface area contributed by atoms with Gasteiger partial charge in [0.25, 0.3) is 0 Å². The summed E-state index contributed by atoms with van der Waals surface area (Å²) in [6.07, 6.45) is 0.0848. The van der Waals surface area contributed by atoms with Crippen molar-refractivity contribution in [2.45, 2.75) is 11.3 Å². The van der Waals surface area contributed by atoms with Gasteiger partial charge in [-0.15, -0.1) is 0 Å². The summed E-state index contributed by atoms with van der Waals surface area (Å²) in [6, 6.07) is 10.3. The summed E-state index contributed by atoms with van der Waals surface area (Å²) in [7, 11) is -2.74. The van der Waals surface area contributed by atoms with Crippen LogP contribution in [0.1, 0.15) is 5.56 Å². The van der Waals surface area contributed by atoms with Crippen LogP contribution in [0.5, 0.6) is 5.75 Å². The number of methoxy groups -OCH3 is 1. The fourth-order valence-corrected chi connectivity index (χ4v) is 2.61. The van der Waals surface area contributed by atoms with Crippen LogP contribution in [-0.4, -0.2) is 21.5 Å². The molecule has 2 rings (SSSR count). The van der Waals surface area contributed by atoms with Gasteiger partial charge in [0.05, 0.1) is 13.5 Å². The summed E-state index contributed by atoms with van der Waals surface area (Å²) >= 11 is 0. The van der Waals surface area contributed by atoms with Gasteiger partial charge in [0.15, 0.2) is 0 Å². The third-order valence-corrected chi connectivity index (χ3v) is 4.07. The summed E-state index contributed by atoms with van der Waals surface area (Å²) in [4.78, 5) is 11.0. The second-order valence-corrected chi connectivity index (χ2v) is 5.93. The van der Waals surface area contributed by atoms with Gasteiger partial charge in [-0.3, -0.25) is 4.79 Å². The minimum Gasteiger partial charge on any atom is -0.469 e. The Bertz CT molecular complexity index is 752. The first-order chi connectivity index (χ1) is 10.4. The Morgan fingerprint density at radius 1 is 1.05 bits per heavy atom. The summed E-state index contributed by atoms with van der Waals surface area (Å²) in [6.45, 7) is 0. The zero-order valence-electron chi connectivity index (χ0n) is 11.7. The van der Waals surface area contributed by atoms with Gasteiger partial charge in [0.1, 0.15) is 16.5 Å². The van der Waals surface area contributed by atoms with E-state index in [-0.39, 0.29) is 17.1 Å². The molecule has 2 aromatic rings. The molecule has 0 saturated carbocycles. The third-order valence-electron chi connectivity index (χ3n) is 2.81. The predicted molar refractivity (Wildman–Crippen MR) is 76.4 cm³/mol. The Balaban J connectivity index is 2.13. The van der Waals surface area contributed by atoms with E-state index in [1.54, 1.807) is 12.1 Å². The van der Waals surface area contributed by atoms with E-state index in [2.05, 4.69) is 4.74 Å². The molecule has 0 spiro atoms. The molecule has 0 fully saturated rings. The molecule has 2 aromatic carbocycles. The van der Waals surface area contributed by atoms with E-state index < -0.39 is 21.9 Å². The molecule has 0 aliphatic rings. The first kappa shape index (κ1) is 16.0. The summed E-state index contributed by atoms with van der Waals surface area (Å²) in [5.74, 6) is -0.836. The average molecular weight is 324 g/mol. The molecule has 0 heterocycles. The zero-order valence-corrected chi connectivity index (χ0v) is 12.5. The molecule has 0 unspecified atom stereocenters. The number of halogens is 1. The van der Waals surface area contributed by atoms with Gasteiger partial charge in [0.2, 0.25) is 0 Å². The maximum atomic E-state index is 12.8. The standard InChI is InChI=1S/C15H13FO5S/c1-20-15(17)10-11-2-6-13(7-3-11)21-22(18,19)14-8-4-12(16)5-9-14/h2-9H,10H2,1H3. The second-order valence-electron chi connectivity index (χ2n) is 4.39. The molecule has 0 amide bonds. The van der Waals surface area contributed by atoms with Crippen LogP contribution in [0.4, 0.5) is 4.39 Å². The normalized spacial score (nSPS) is 11.0. The van der Waals surface area contributed by atoms with Crippen molar-refractivity contribution in [2.24, 2.45) is 0 Å². The van der Waals surface area contributed by atoms with E-state index in [1.807, 2.05) is 0 Å². The van der Waals surface area contributed by atoms with Crippen molar-refractivity contribution < 1.29 is 26.5 Å². The summed E-state index contributed by atoms with van der Waals surface area (Å²) in [5.41, 5.74) is 0.665. The molecule has 0 saturated heterocycles. The van der Waals surface area contributed by atoms with Crippen LogP contribution < -0.4 is 4.18 Å². The molecule has 0 aliphatic carbocycles. The fourth-order valence-electron chi connectivity index (χ4n) is 1.68. The highest BCUT2D eigenvalue weighted by Gasteiger charge is 2.16. The molecule has 7 heteroatoms. The molecule has 0 aromatic heterocycles. The Morgan fingerprint density at radius 2 is 1.64 bits per heavy atom. The Morgan fingerprint density at radius 3 is 2.18 bits per heavy atom. The Kier molecular flexibility index (Phi) is 4.77. The van der Waals surface area contributed by atoms with Crippen molar-refractivity contribution in [3.05, 3.63) is 59.9 Å². The zero-order chi connectivity index (χ0) is 16.2. The van der Waals surface area contributed by atoms with Gasteiger partial charge in [-0.25, -0.2) is 4.39 Å². The molecule has 0 N–H and O–H groups in total. The van der Waals surface area contributed by atoms with Crippen LogP contribution >= 0.6 is 0 Å². The summed E-state index contributed by atoms with van der Waals surface area (Å²) < 4.78 is 46.3. The number of benzene rings is 2. The Hall–Kier alpha value is -2.41. The number of hydrogen-bond acceptors (Lipinski definition) is 5. The number of carbonyl (C=O) groups is 1. The highest BCUT2D eigenvalue weighted by atomic mass is 32.2. The monoisotopic (exact) mass is 324 g/mol. The van der Waals surface area contributed by atoms with E-state index in [4.69, 9.17) is 4.18 Å². The van der Waals surface area contributed by atoms with Crippen LogP contribution in [0.2, 0.25) is 0 Å². The first-order valence-electron chi connectivity index (χ1n) is 6.26. The molecule has 0 atom stereocenters. The minimum atomic E-state index is -4.03.